The van der Waals surface area contributed by atoms with E-state index in [1.165, 1.54) is 10.8 Å². The summed E-state index contributed by atoms with van der Waals surface area (Å²) in [5.41, 5.74) is 2.44. The molecule has 3 aromatic rings. The fourth-order valence-corrected chi connectivity index (χ4v) is 3.87. The summed E-state index contributed by atoms with van der Waals surface area (Å²) >= 11 is 0. The molecular weight excluding hydrogens is 338 g/mol. The van der Waals surface area contributed by atoms with Crippen LogP contribution < -0.4 is 5.32 Å². The van der Waals surface area contributed by atoms with E-state index in [0.717, 1.165) is 37.2 Å². The molecule has 0 saturated carbocycles. The zero-order chi connectivity index (χ0) is 18.8. The maximum absolute atomic E-state index is 13.0. The van der Waals surface area contributed by atoms with Crippen LogP contribution in [0.2, 0.25) is 0 Å². The van der Waals surface area contributed by atoms with E-state index in [9.17, 15) is 4.79 Å². The maximum Gasteiger partial charge on any atom is 0.276 e. The molecule has 1 amide bonds. The Bertz CT molecular complexity index is 953. The van der Waals surface area contributed by atoms with Crippen LogP contribution >= 0.6 is 0 Å². The molecular formula is C21H25N5O. The van der Waals surface area contributed by atoms with Gasteiger partial charge in [-0.1, -0.05) is 47.7 Å². The molecule has 1 aliphatic rings. The number of carbonyl (C=O) groups is 1. The monoisotopic (exact) mass is 363 g/mol. The normalized spacial score (nSPS) is 15.2. The number of benzene rings is 2. The molecule has 0 bridgehead atoms. The fraction of sp³-hybridized carbons (Fsp3) is 0.381. The Morgan fingerprint density at radius 1 is 1.19 bits per heavy atom. The molecule has 4 rings (SSSR count). The first-order valence-electron chi connectivity index (χ1n) is 9.50. The van der Waals surface area contributed by atoms with Crippen molar-refractivity contribution in [3.63, 3.8) is 0 Å². The SMILES string of the molecule is Cc1c(C(=O)N(C)Cc2cccc3ccccc23)nnn1C1CCNCC1. The third-order valence-electron chi connectivity index (χ3n) is 5.42. The highest BCUT2D eigenvalue weighted by Gasteiger charge is 2.24. The highest BCUT2D eigenvalue weighted by molar-refractivity contribution is 5.93. The van der Waals surface area contributed by atoms with Gasteiger partial charge >= 0.3 is 0 Å². The number of fused-ring (bicyclic) bond motifs is 1. The molecule has 140 valence electrons. The van der Waals surface area contributed by atoms with Crippen molar-refractivity contribution in [2.24, 2.45) is 0 Å². The van der Waals surface area contributed by atoms with E-state index in [-0.39, 0.29) is 5.91 Å². The van der Waals surface area contributed by atoms with Crippen LogP contribution in [0.25, 0.3) is 10.8 Å². The number of carbonyl (C=O) groups excluding carboxylic acids is 1. The predicted octanol–water partition coefficient (Wildman–Crippen LogP) is 2.94. The van der Waals surface area contributed by atoms with Crippen LogP contribution in [0.4, 0.5) is 0 Å². The standard InChI is InChI=1S/C21H25N5O/c1-15-20(23-24-26(15)18-10-12-22-13-11-18)21(27)25(2)14-17-8-5-7-16-6-3-4-9-19(16)17/h3-9,18,22H,10-14H2,1-2H3. The molecule has 0 radical (unpaired) electrons. The van der Waals surface area contributed by atoms with Gasteiger partial charge in [-0.2, -0.15) is 0 Å². The number of aromatic nitrogens is 3. The molecule has 1 N–H and O–H groups in total. The van der Waals surface area contributed by atoms with E-state index < -0.39 is 0 Å². The van der Waals surface area contributed by atoms with Gasteiger partial charge in [-0.15, -0.1) is 5.10 Å². The molecule has 6 heteroatoms. The molecule has 2 heterocycles. The molecule has 1 aliphatic heterocycles. The zero-order valence-electron chi connectivity index (χ0n) is 15.9. The summed E-state index contributed by atoms with van der Waals surface area (Å²) in [6.45, 7) is 4.45. The van der Waals surface area contributed by atoms with Crippen molar-refractivity contribution in [2.75, 3.05) is 20.1 Å². The van der Waals surface area contributed by atoms with Crippen LogP contribution in [0.3, 0.4) is 0 Å². The van der Waals surface area contributed by atoms with Gasteiger partial charge in [-0.05, 0) is 49.2 Å². The molecule has 6 nitrogen and oxygen atoms in total. The van der Waals surface area contributed by atoms with Crippen LogP contribution in [0, 0.1) is 6.92 Å². The van der Waals surface area contributed by atoms with E-state index in [0.29, 0.717) is 18.3 Å². The van der Waals surface area contributed by atoms with Crippen molar-refractivity contribution in [2.45, 2.75) is 32.4 Å². The predicted molar refractivity (Wildman–Crippen MR) is 106 cm³/mol. The van der Waals surface area contributed by atoms with Crippen molar-refractivity contribution in [1.82, 2.24) is 25.2 Å². The van der Waals surface area contributed by atoms with Gasteiger partial charge in [0.1, 0.15) is 0 Å². The van der Waals surface area contributed by atoms with Crippen LogP contribution in [0.1, 0.15) is 40.6 Å². The van der Waals surface area contributed by atoms with Crippen molar-refractivity contribution >= 4 is 16.7 Å². The molecule has 0 aliphatic carbocycles. The molecule has 27 heavy (non-hydrogen) atoms. The Balaban J connectivity index is 1.55. The van der Waals surface area contributed by atoms with Crippen LogP contribution in [-0.4, -0.2) is 45.9 Å². The quantitative estimate of drug-likeness (QED) is 0.774. The molecule has 1 saturated heterocycles. The molecule has 1 aromatic heterocycles. The summed E-state index contributed by atoms with van der Waals surface area (Å²) in [6.07, 6.45) is 2.04. The number of nitrogens with one attached hydrogen (secondary N) is 1. The minimum atomic E-state index is -0.0828. The van der Waals surface area contributed by atoms with E-state index in [1.807, 2.05) is 36.9 Å². The van der Waals surface area contributed by atoms with E-state index in [4.69, 9.17) is 0 Å². The zero-order valence-corrected chi connectivity index (χ0v) is 15.9. The number of rotatable bonds is 4. The number of hydrogen-bond donors (Lipinski definition) is 1. The Labute approximate surface area is 159 Å². The lowest BCUT2D eigenvalue weighted by Gasteiger charge is -2.23. The van der Waals surface area contributed by atoms with Gasteiger partial charge in [0.25, 0.3) is 5.91 Å². The summed E-state index contributed by atoms with van der Waals surface area (Å²) in [5.74, 6) is -0.0828. The van der Waals surface area contributed by atoms with Gasteiger partial charge < -0.3 is 10.2 Å². The lowest BCUT2D eigenvalue weighted by atomic mass is 10.0. The van der Waals surface area contributed by atoms with Gasteiger partial charge in [0, 0.05) is 13.6 Å². The van der Waals surface area contributed by atoms with Crippen LogP contribution in [0.15, 0.2) is 42.5 Å². The van der Waals surface area contributed by atoms with Crippen LogP contribution in [-0.2, 0) is 6.54 Å². The third-order valence-corrected chi connectivity index (χ3v) is 5.42. The summed E-state index contributed by atoms with van der Waals surface area (Å²) in [4.78, 5) is 14.7. The number of hydrogen-bond acceptors (Lipinski definition) is 4. The second kappa shape index (κ2) is 7.48. The lowest BCUT2D eigenvalue weighted by molar-refractivity contribution is 0.0779. The Kier molecular flexibility index (Phi) is 4.90. The van der Waals surface area contributed by atoms with E-state index >= 15 is 0 Å². The van der Waals surface area contributed by atoms with Gasteiger partial charge in [-0.3, -0.25) is 4.79 Å². The summed E-state index contributed by atoms with van der Waals surface area (Å²) in [5, 5.41) is 14.2. The molecule has 0 spiro atoms. The highest BCUT2D eigenvalue weighted by Crippen LogP contribution is 2.22. The first-order chi connectivity index (χ1) is 13.1. The van der Waals surface area contributed by atoms with Crippen molar-refractivity contribution < 1.29 is 4.79 Å². The minimum Gasteiger partial charge on any atom is -0.336 e. The van der Waals surface area contributed by atoms with Crippen molar-refractivity contribution in [1.29, 1.82) is 0 Å². The molecule has 0 unspecified atom stereocenters. The van der Waals surface area contributed by atoms with Crippen molar-refractivity contribution in [3.05, 3.63) is 59.4 Å². The van der Waals surface area contributed by atoms with Crippen molar-refractivity contribution in [3.8, 4) is 0 Å². The average molecular weight is 363 g/mol. The fourth-order valence-electron chi connectivity index (χ4n) is 3.87. The Morgan fingerprint density at radius 3 is 2.74 bits per heavy atom. The summed E-state index contributed by atoms with van der Waals surface area (Å²) in [6, 6.07) is 14.8. The Morgan fingerprint density at radius 2 is 1.93 bits per heavy atom. The van der Waals surface area contributed by atoms with Gasteiger partial charge in [-0.25, -0.2) is 4.68 Å². The number of amides is 1. The highest BCUT2D eigenvalue weighted by atomic mass is 16.2. The molecule has 1 fully saturated rings. The number of piperidine rings is 1. The number of nitrogens with zero attached hydrogens (tertiary/aromatic N) is 4. The second-order valence-corrected chi connectivity index (χ2v) is 7.25. The minimum absolute atomic E-state index is 0.0828. The lowest BCUT2D eigenvalue weighted by Crippen LogP contribution is -2.30. The second-order valence-electron chi connectivity index (χ2n) is 7.25. The molecule has 2 aromatic carbocycles. The largest absolute Gasteiger partial charge is 0.336 e. The maximum atomic E-state index is 13.0. The Hall–Kier alpha value is -2.73. The molecule has 0 atom stereocenters. The summed E-state index contributed by atoms with van der Waals surface area (Å²) < 4.78 is 1.93. The average Bonchev–Trinajstić information content (AvgIpc) is 3.09. The van der Waals surface area contributed by atoms with Crippen LogP contribution in [0.5, 0.6) is 0 Å². The smallest absolute Gasteiger partial charge is 0.276 e. The first-order valence-corrected chi connectivity index (χ1v) is 9.50. The van der Waals surface area contributed by atoms with Gasteiger partial charge in [0.2, 0.25) is 0 Å². The van der Waals surface area contributed by atoms with Gasteiger partial charge in [0.15, 0.2) is 5.69 Å². The third kappa shape index (κ3) is 3.45. The van der Waals surface area contributed by atoms with E-state index in [1.54, 1.807) is 4.90 Å². The topological polar surface area (TPSA) is 63.1 Å². The van der Waals surface area contributed by atoms with Gasteiger partial charge in [0.05, 0.1) is 11.7 Å². The first kappa shape index (κ1) is 17.7. The summed E-state index contributed by atoms with van der Waals surface area (Å²) in [7, 11) is 1.83. The van der Waals surface area contributed by atoms with E-state index in [2.05, 4.69) is 39.9 Å².